The summed E-state index contributed by atoms with van der Waals surface area (Å²) in [6, 6.07) is 22.7. The lowest BCUT2D eigenvalue weighted by Gasteiger charge is -2.07. The minimum atomic E-state index is -0.491. The second-order valence-electron chi connectivity index (χ2n) is 5.15. The average Bonchev–Trinajstić information content (AvgIpc) is 2.88. The van der Waals surface area contributed by atoms with Gasteiger partial charge in [0.15, 0.2) is 0 Å². The summed E-state index contributed by atoms with van der Waals surface area (Å²) in [6.07, 6.45) is 0. The molecule has 3 aromatic carbocycles. The fraction of sp³-hybridized carbons (Fsp3) is 0. The molecule has 3 heteroatoms. The van der Waals surface area contributed by atoms with Crippen molar-refractivity contribution in [1.29, 1.82) is 5.26 Å². The Morgan fingerprint density at radius 2 is 1.55 bits per heavy atom. The van der Waals surface area contributed by atoms with Crippen LogP contribution in [0.4, 0.5) is 4.39 Å². The fourth-order valence-electron chi connectivity index (χ4n) is 2.93. The van der Waals surface area contributed by atoms with Crippen LogP contribution in [0.15, 0.2) is 66.7 Å². The van der Waals surface area contributed by atoms with Gasteiger partial charge in [-0.05, 0) is 30.3 Å². The van der Waals surface area contributed by atoms with E-state index in [-0.39, 0.29) is 5.56 Å². The molecule has 0 N–H and O–H groups in total. The molecule has 0 amide bonds. The number of rotatable bonds is 1. The molecule has 0 spiro atoms. The minimum absolute atomic E-state index is 0.0727. The Morgan fingerprint density at radius 3 is 2.32 bits per heavy atom. The van der Waals surface area contributed by atoms with E-state index in [1.54, 1.807) is 6.07 Å². The van der Waals surface area contributed by atoms with E-state index >= 15 is 0 Å². The van der Waals surface area contributed by atoms with Crippen LogP contribution >= 0.6 is 0 Å². The molecule has 0 aliphatic carbocycles. The number of para-hydroxylation sites is 2. The zero-order valence-corrected chi connectivity index (χ0v) is 11.6. The molecule has 0 bridgehead atoms. The summed E-state index contributed by atoms with van der Waals surface area (Å²) in [6.45, 7) is 0. The maximum Gasteiger partial charge on any atom is 0.143 e. The molecule has 104 valence electrons. The van der Waals surface area contributed by atoms with Crippen molar-refractivity contribution in [2.24, 2.45) is 0 Å². The maximum atomic E-state index is 14.1. The third kappa shape index (κ3) is 1.71. The van der Waals surface area contributed by atoms with Gasteiger partial charge in [0.25, 0.3) is 0 Å². The van der Waals surface area contributed by atoms with Gasteiger partial charge in [0.2, 0.25) is 0 Å². The molecule has 0 aliphatic heterocycles. The van der Waals surface area contributed by atoms with Crippen LogP contribution in [0.1, 0.15) is 5.56 Å². The van der Waals surface area contributed by atoms with Gasteiger partial charge in [0.05, 0.1) is 16.6 Å². The summed E-state index contributed by atoms with van der Waals surface area (Å²) in [5.74, 6) is -0.491. The molecule has 0 saturated carbocycles. The van der Waals surface area contributed by atoms with Crippen LogP contribution in [0, 0.1) is 17.1 Å². The first-order valence-electron chi connectivity index (χ1n) is 6.98. The summed E-state index contributed by atoms with van der Waals surface area (Å²) >= 11 is 0. The number of hydrogen-bond donors (Lipinski definition) is 0. The minimum Gasteiger partial charge on any atom is -0.309 e. The van der Waals surface area contributed by atoms with E-state index in [2.05, 4.69) is 0 Å². The molecule has 0 unspecified atom stereocenters. The van der Waals surface area contributed by atoms with E-state index in [0.717, 1.165) is 27.5 Å². The first-order valence-corrected chi connectivity index (χ1v) is 6.98. The van der Waals surface area contributed by atoms with Crippen molar-refractivity contribution < 1.29 is 4.39 Å². The van der Waals surface area contributed by atoms with Crippen molar-refractivity contribution in [2.45, 2.75) is 0 Å². The monoisotopic (exact) mass is 286 g/mol. The molecule has 1 heterocycles. The molecule has 0 atom stereocenters. The lowest BCUT2D eigenvalue weighted by Crippen LogP contribution is -1.94. The Bertz CT molecular complexity index is 1040. The van der Waals surface area contributed by atoms with Crippen molar-refractivity contribution in [3.8, 4) is 11.8 Å². The van der Waals surface area contributed by atoms with Gasteiger partial charge in [-0.1, -0.05) is 36.4 Å². The first kappa shape index (κ1) is 12.6. The van der Waals surface area contributed by atoms with E-state index in [1.165, 1.54) is 6.07 Å². The van der Waals surface area contributed by atoms with E-state index in [4.69, 9.17) is 5.26 Å². The number of halogens is 1. The number of nitriles is 1. The molecule has 4 aromatic rings. The van der Waals surface area contributed by atoms with Crippen LogP contribution in [0.2, 0.25) is 0 Å². The van der Waals surface area contributed by atoms with Crippen LogP contribution in [0.3, 0.4) is 0 Å². The SMILES string of the molecule is N#Cc1cc2c3ccccc3n(-c3ccccc3)c2cc1F. The topological polar surface area (TPSA) is 28.7 Å². The Balaban J connectivity index is 2.23. The number of nitrogens with zero attached hydrogens (tertiary/aromatic N) is 2. The van der Waals surface area contributed by atoms with Crippen molar-refractivity contribution in [2.75, 3.05) is 0 Å². The number of benzene rings is 3. The summed E-state index contributed by atoms with van der Waals surface area (Å²) in [4.78, 5) is 0. The van der Waals surface area contributed by atoms with Crippen LogP contribution in [-0.4, -0.2) is 4.57 Å². The van der Waals surface area contributed by atoms with Gasteiger partial charge in [0, 0.05) is 16.5 Å². The average molecular weight is 286 g/mol. The first-order chi connectivity index (χ1) is 10.8. The van der Waals surface area contributed by atoms with Gasteiger partial charge in [0.1, 0.15) is 11.9 Å². The van der Waals surface area contributed by atoms with Gasteiger partial charge >= 0.3 is 0 Å². The van der Waals surface area contributed by atoms with Crippen LogP contribution in [0.25, 0.3) is 27.5 Å². The molecule has 2 nitrogen and oxygen atoms in total. The number of aromatic nitrogens is 1. The van der Waals surface area contributed by atoms with Crippen LogP contribution in [0.5, 0.6) is 0 Å². The second kappa shape index (κ2) is 4.71. The highest BCUT2D eigenvalue weighted by Gasteiger charge is 2.14. The predicted molar refractivity (Wildman–Crippen MR) is 85.5 cm³/mol. The van der Waals surface area contributed by atoms with Crippen molar-refractivity contribution in [3.05, 3.63) is 78.1 Å². The van der Waals surface area contributed by atoms with Crippen LogP contribution in [-0.2, 0) is 0 Å². The summed E-state index contributed by atoms with van der Waals surface area (Å²) in [5.41, 5.74) is 2.81. The highest BCUT2D eigenvalue weighted by Crippen LogP contribution is 2.33. The molecule has 4 rings (SSSR count). The molecule has 22 heavy (non-hydrogen) atoms. The van der Waals surface area contributed by atoms with Crippen molar-refractivity contribution in [1.82, 2.24) is 4.57 Å². The van der Waals surface area contributed by atoms with Crippen molar-refractivity contribution >= 4 is 21.8 Å². The maximum absolute atomic E-state index is 14.1. The Labute approximate surface area is 126 Å². The van der Waals surface area contributed by atoms with Gasteiger partial charge in [-0.2, -0.15) is 5.26 Å². The summed E-state index contributed by atoms with van der Waals surface area (Å²) in [5, 5.41) is 11.0. The van der Waals surface area contributed by atoms with E-state index < -0.39 is 5.82 Å². The largest absolute Gasteiger partial charge is 0.309 e. The fourth-order valence-corrected chi connectivity index (χ4v) is 2.93. The molecule has 0 radical (unpaired) electrons. The van der Waals surface area contributed by atoms with E-state index in [9.17, 15) is 4.39 Å². The number of hydrogen-bond acceptors (Lipinski definition) is 1. The van der Waals surface area contributed by atoms with Gasteiger partial charge in [-0.25, -0.2) is 4.39 Å². The highest BCUT2D eigenvalue weighted by atomic mass is 19.1. The molecule has 1 aromatic heterocycles. The summed E-state index contributed by atoms with van der Waals surface area (Å²) < 4.78 is 16.1. The molecular weight excluding hydrogens is 275 g/mol. The van der Waals surface area contributed by atoms with E-state index in [0.29, 0.717) is 0 Å². The second-order valence-corrected chi connectivity index (χ2v) is 5.15. The van der Waals surface area contributed by atoms with Crippen molar-refractivity contribution in [3.63, 3.8) is 0 Å². The zero-order valence-electron chi connectivity index (χ0n) is 11.6. The van der Waals surface area contributed by atoms with Gasteiger partial charge < -0.3 is 4.57 Å². The zero-order chi connectivity index (χ0) is 15.1. The van der Waals surface area contributed by atoms with E-state index in [1.807, 2.05) is 65.2 Å². The summed E-state index contributed by atoms with van der Waals surface area (Å²) in [7, 11) is 0. The Hall–Kier alpha value is -3.12. The molecule has 0 aliphatic rings. The molecule has 0 fully saturated rings. The Morgan fingerprint density at radius 1 is 0.818 bits per heavy atom. The lowest BCUT2D eigenvalue weighted by molar-refractivity contribution is 0.625. The number of fused-ring (bicyclic) bond motifs is 3. The predicted octanol–water partition coefficient (Wildman–Crippen LogP) is 4.79. The normalized spacial score (nSPS) is 10.9. The smallest absolute Gasteiger partial charge is 0.143 e. The third-order valence-electron chi connectivity index (χ3n) is 3.90. The Kier molecular flexibility index (Phi) is 2.70. The highest BCUT2D eigenvalue weighted by molar-refractivity contribution is 6.09. The quantitative estimate of drug-likeness (QED) is 0.494. The standard InChI is InChI=1S/C19H11FN2/c20-17-11-19-16(10-13(17)12-21)15-8-4-5-9-18(15)22(19)14-6-2-1-3-7-14/h1-11H. The third-order valence-corrected chi connectivity index (χ3v) is 3.90. The van der Waals surface area contributed by atoms with Gasteiger partial charge in [-0.15, -0.1) is 0 Å². The lowest BCUT2D eigenvalue weighted by atomic mass is 10.1. The molecule has 0 saturated heterocycles. The molecular formula is C19H11FN2. The van der Waals surface area contributed by atoms with Crippen LogP contribution < -0.4 is 0 Å². The van der Waals surface area contributed by atoms with Gasteiger partial charge in [-0.3, -0.25) is 0 Å².